The molecule has 0 spiro atoms. The van der Waals surface area contributed by atoms with Gasteiger partial charge in [-0.3, -0.25) is 4.79 Å². The average Bonchev–Trinajstić information content (AvgIpc) is 2.49. The lowest BCUT2D eigenvalue weighted by Crippen LogP contribution is -2.21. The first-order valence-corrected chi connectivity index (χ1v) is 4.16. The van der Waals surface area contributed by atoms with E-state index >= 15 is 0 Å². The highest BCUT2D eigenvalue weighted by Gasteiger charge is 2.28. The van der Waals surface area contributed by atoms with E-state index in [0.717, 1.165) is 5.56 Å². The van der Waals surface area contributed by atoms with Crippen molar-refractivity contribution < 1.29 is 14.6 Å². The Hall–Kier alpha value is -1.51. The average molecular weight is 178 g/mol. The molecule has 1 heterocycles. The molecule has 3 heteroatoms. The zero-order chi connectivity index (χ0) is 9.42. The summed E-state index contributed by atoms with van der Waals surface area (Å²) in [4.78, 5) is 11.0. The Balaban J connectivity index is 2.35. The Morgan fingerprint density at radius 2 is 2.38 bits per heavy atom. The lowest BCUT2D eigenvalue weighted by molar-refractivity contribution is -0.122. The van der Waals surface area contributed by atoms with Gasteiger partial charge in [-0.1, -0.05) is 6.07 Å². The van der Waals surface area contributed by atoms with E-state index in [1.807, 2.05) is 0 Å². The highest BCUT2D eigenvalue weighted by molar-refractivity contribution is 5.82. The molecular weight excluding hydrogens is 168 g/mol. The minimum absolute atomic E-state index is 0.00407. The van der Waals surface area contributed by atoms with Crippen molar-refractivity contribution in [3.8, 4) is 11.5 Å². The van der Waals surface area contributed by atoms with Gasteiger partial charge in [0.1, 0.15) is 11.5 Å². The largest absolute Gasteiger partial charge is 0.508 e. The number of carbonyl (C=O) groups is 1. The predicted molar refractivity (Wildman–Crippen MR) is 46.9 cm³/mol. The van der Waals surface area contributed by atoms with Crippen LogP contribution in [0.15, 0.2) is 18.2 Å². The Kier molecular flexibility index (Phi) is 1.72. The molecule has 13 heavy (non-hydrogen) atoms. The number of hydrogen-bond donors (Lipinski definition) is 1. The van der Waals surface area contributed by atoms with E-state index in [4.69, 9.17) is 4.74 Å². The SMILES string of the molecule is CC(=O)C1Cc2c(O)cccc2O1. The number of hydrogen-bond acceptors (Lipinski definition) is 3. The molecule has 0 amide bonds. The molecule has 1 aliphatic rings. The summed E-state index contributed by atoms with van der Waals surface area (Å²) in [5.41, 5.74) is 0.739. The van der Waals surface area contributed by atoms with E-state index in [2.05, 4.69) is 0 Å². The Morgan fingerprint density at radius 1 is 1.62 bits per heavy atom. The van der Waals surface area contributed by atoms with Gasteiger partial charge in [-0.2, -0.15) is 0 Å². The van der Waals surface area contributed by atoms with Gasteiger partial charge in [-0.15, -0.1) is 0 Å². The number of phenolic OH excluding ortho intramolecular Hbond substituents is 1. The first-order valence-electron chi connectivity index (χ1n) is 4.16. The number of carbonyl (C=O) groups excluding carboxylic acids is 1. The van der Waals surface area contributed by atoms with Gasteiger partial charge in [-0.25, -0.2) is 0 Å². The second-order valence-electron chi connectivity index (χ2n) is 3.18. The summed E-state index contributed by atoms with van der Waals surface area (Å²) in [6.45, 7) is 1.49. The third-order valence-electron chi connectivity index (χ3n) is 2.22. The van der Waals surface area contributed by atoms with Crippen molar-refractivity contribution in [1.29, 1.82) is 0 Å². The summed E-state index contributed by atoms with van der Waals surface area (Å²) in [6, 6.07) is 5.07. The number of rotatable bonds is 1. The molecule has 1 unspecified atom stereocenters. The highest BCUT2D eigenvalue weighted by atomic mass is 16.5. The molecule has 2 rings (SSSR count). The Labute approximate surface area is 76.0 Å². The standard InChI is InChI=1S/C10H10O3/c1-6(11)10-5-7-8(12)3-2-4-9(7)13-10/h2-4,10,12H,5H2,1H3. The lowest BCUT2D eigenvalue weighted by atomic mass is 10.1. The van der Waals surface area contributed by atoms with E-state index in [1.54, 1.807) is 18.2 Å². The maximum absolute atomic E-state index is 11.0. The van der Waals surface area contributed by atoms with Gasteiger partial charge < -0.3 is 9.84 Å². The molecule has 0 saturated carbocycles. The highest BCUT2D eigenvalue weighted by Crippen LogP contribution is 2.35. The summed E-state index contributed by atoms with van der Waals surface area (Å²) >= 11 is 0. The van der Waals surface area contributed by atoms with Crippen LogP contribution in [-0.2, 0) is 11.2 Å². The van der Waals surface area contributed by atoms with Gasteiger partial charge in [0.15, 0.2) is 11.9 Å². The molecule has 0 radical (unpaired) electrons. The van der Waals surface area contributed by atoms with E-state index in [0.29, 0.717) is 12.2 Å². The molecule has 1 N–H and O–H groups in total. The van der Waals surface area contributed by atoms with Gasteiger partial charge in [-0.05, 0) is 19.1 Å². The number of aromatic hydroxyl groups is 1. The van der Waals surface area contributed by atoms with Crippen LogP contribution in [0.5, 0.6) is 11.5 Å². The summed E-state index contributed by atoms with van der Waals surface area (Å²) < 4.78 is 5.34. The fourth-order valence-corrected chi connectivity index (χ4v) is 1.48. The molecule has 0 bridgehead atoms. The third-order valence-corrected chi connectivity index (χ3v) is 2.22. The maximum Gasteiger partial charge on any atom is 0.170 e. The summed E-state index contributed by atoms with van der Waals surface area (Å²) in [6.07, 6.45) is 0.0699. The zero-order valence-corrected chi connectivity index (χ0v) is 7.28. The van der Waals surface area contributed by atoms with Crippen LogP contribution in [-0.4, -0.2) is 17.0 Å². The number of ether oxygens (including phenoxy) is 1. The van der Waals surface area contributed by atoms with E-state index in [9.17, 15) is 9.90 Å². The van der Waals surface area contributed by atoms with Crippen molar-refractivity contribution in [2.75, 3.05) is 0 Å². The van der Waals surface area contributed by atoms with E-state index in [-0.39, 0.29) is 11.5 Å². The minimum Gasteiger partial charge on any atom is -0.508 e. The van der Waals surface area contributed by atoms with Gasteiger partial charge >= 0.3 is 0 Å². The van der Waals surface area contributed by atoms with Crippen LogP contribution in [0, 0.1) is 0 Å². The molecule has 0 aliphatic carbocycles. The number of Topliss-reactive ketones (excluding diaryl/α,β-unsaturated/α-hetero) is 1. The van der Waals surface area contributed by atoms with Crippen LogP contribution < -0.4 is 4.74 Å². The van der Waals surface area contributed by atoms with Crippen molar-refractivity contribution >= 4 is 5.78 Å². The van der Waals surface area contributed by atoms with Crippen LogP contribution in [0.3, 0.4) is 0 Å². The van der Waals surface area contributed by atoms with Gasteiger partial charge in [0.25, 0.3) is 0 Å². The zero-order valence-electron chi connectivity index (χ0n) is 7.28. The molecule has 1 atom stereocenters. The number of fused-ring (bicyclic) bond motifs is 1. The first-order chi connectivity index (χ1) is 6.18. The van der Waals surface area contributed by atoms with Crippen molar-refractivity contribution in [1.82, 2.24) is 0 Å². The van der Waals surface area contributed by atoms with Crippen LogP contribution in [0.25, 0.3) is 0 Å². The van der Waals surface area contributed by atoms with Gasteiger partial charge in [0, 0.05) is 12.0 Å². The molecule has 0 saturated heterocycles. The normalized spacial score (nSPS) is 19.3. The maximum atomic E-state index is 11.0. The van der Waals surface area contributed by atoms with Gasteiger partial charge in [0.05, 0.1) is 0 Å². The van der Waals surface area contributed by atoms with Crippen molar-refractivity contribution in [3.05, 3.63) is 23.8 Å². The fourth-order valence-electron chi connectivity index (χ4n) is 1.48. The molecule has 1 aliphatic heterocycles. The third kappa shape index (κ3) is 1.26. The van der Waals surface area contributed by atoms with Crippen LogP contribution in [0.1, 0.15) is 12.5 Å². The van der Waals surface area contributed by atoms with Crippen LogP contribution in [0.2, 0.25) is 0 Å². The fraction of sp³-hybridized carbons (Fsp3) is 0.300. The number of phenols is 1. The Bertz CT molecular complexity index is 357. The molecule has 3 nitrogen and oxygen atoms in total. The number of benzene rings is 1. The smallest absolute Gasteiger partial charge is 0.170 e. The van der Waals surface area contributed by atoms with Crippen LogP contribution >= 0.6 is 0 Å². The molecule has 0 fully saturated rings. The lowest BCUT2D eigenvalue weighted by Gasteiger charge is -2.04. The van der Waals surface area contributed by atoms with E-state index < -0.39 is 6.10 Å². The second-order valence-corrected chi connectivity index (χ2v) is 3.18. The Morgan fingerprint density at radius 3 is 3.00 bits per heavy atom. The molecule has 1 aromatic carbocycles. The topological polar surface area (TPSA) is 46.5 Å². The second kappa shape index (κ2) is 2.76. The summed E-state index contributed by atoms with van der Waals surface area (Å²) in [5, 5.41) is 9.44. The van der Waals surface area contributed by atoms with Crippen molar-refractivity contribution in [2.24, 2.45) is 0 Å². The monoisotopic (exact) mass is 178 g/mol. The molecule has 68 valence electrons. The minimum atomic E-state index is -0.414. The van der Waals surface area contributed by atoms with Crippen molar-refractivity contribution in [2.45, 2.75) is 19.4 Å². The molecule has 1 aromatic rings. The first kappa shape index (κ1) is 8.10. The van der Waals surface area contributed by atoms with Crippen molar-refractivity contribution in [3.63, 3.8) is 0 Å². The van der Waals surface area contributed by atoms with Crippen LogP contribution in [0.4, 0.5) is 0 Å². The quantitative estimate of drug-likeness (QED) is 0.704. The summed E-state index contributed by atoms with van der Waals surface area (Å²) in [7, 11) is 0. The predicted octanol–water partition coefficient (Wildman–Crippen LogP) is 1.28. The van der Waals surface area contributed by atoms with E-state index in [1.165, 1.54) is 6.92 Å². The molecular formula is C10H10O3. The molecule has 0 aromatic heterocycles. The number of ketones is 1. The summed E-state index contributed by atoms with van der Waals surface area (Å²) in [5.74, 6) is 0.831. The van der Waals surface area contributed by atoms with Gasteiger partial charge in [0.2, 0.25) is 0 Å².